The van der Waals surface area contributed by atoms with E-state index in [1.165, 1.54) is 77.2 Å². The van der Waals surface area contributed by atoms with Crippen LogP contribution in [0.25, 0.3) is 0 Å². The van der Waals surface area contributed by atoms with E-state index >= 15 is 0 Å². The summed E-state index contributed by atoms with van der Waals surface area (Å²) in [6.45, 7) is 5.96. The van der Waals surface area contributed by atoms with Gasteiger partial charge in [0.15, 0.2) is 0 Å². The average molecular weight is 265 g/mol. The highest BCUT2D eigenvalue weighted by atomic mass is 14.9. The summed E-state index contributed by atoms with van der Waals surface area (Å²) in [7, 11) is 0. The van der Waals surface area contributed by atoms with Crippen LogP contribution in [-0.4, -0.2) is 12.6 Å². The van der Waals surface area contributed by atoms with Crippen LogP contribution in [0.4, 0.5) is 0 Å². The Kier molecular flexibility index (Phi) is 6.70. The highest BCUT2D eigenvalue weighted by Crippen LogP contribution is 2.35. The summed E-state index contributed by atoms with van der Waals surface area (Å²) >= 11 is 0. The molecular formula is C18H35N. The number of hydrogen-bond donors (Lipinski definition) is 1. The molecule has 0 aromatic carbocycles. The topological polar surface area (TPSA) is 12.0 Å². The van der Waals surface area contributed by atoms with Gasteiger partial charge in [0.05, 0.1) is 0 Å². The summed E-state index contributed by atoms with van der Waals surface area (Å²) in [5.74, 6) is 2.99. The van der Waals surface area contributed by atoms with Crippen molar-refractivity contribution in [2.24, 2.45) is 17.8 Å². The van der Waals surface area contributed by atoms with Crippen LogP contribution in [0.5, 0.6) is 0 Å². The Bertz CT molecular complexity index is 224. The van der Waals surface area contributed by atoms with Gasteiger partial charge in [-0.15, -0.1) is 0 Å². The van der Waals surface area contributed by atoms with Gasteiger partial charge in [0.2, 0.25) is 0 Å². The van der Waals surface area contributed by atoms with E-state index in [2.05, 4.69) is 19.2 Å². The van der Waals surface area contributed by atoms with E-state index in [4.69, 9.17) is 0 Å². The Labute approximate surface area is 120 Å². The van der Waals surface area contributed by atoms with Crippen molar-refractivity contribution in [2.75, 3.05) is 6.54 Å². The van der Waals surface area contributed by atoms with Crippen molar-refractivity contribution in [1.29, 1.82) is 0 Å². The quantitative estimate of drug-likeness (QED) is 0.700. The van der Waals surface area contributed by atoms with Gasteiger partial charge in [0.1, 0.15) is 0 Å². The molecule has 1 atom stereocenters. The first-order valence-electron chi connectivity index (χ1n) is 9.03. The maximum absolute atomic E-state index is 3.90. The molecule has 2 fully saturated rings. The molecule has 19 heavy (non-hydrogen) atoms. The van der Waals surface area contributed by atoms with Gasteiger partial charge >= 0.3 is 0 Å². The van der Waals surface area contributed by atoms with Gasteiger partial charge in [0.25, 0.3) is 0 Å². The first kappa shape index (κ1) is 15.4. The van der Waals surface area contributed by atoms with Crippen LogP contribution < -0.4 is 5.32 Å². The largest absolute Gasteiger partial charge is 0.314 e. The predicted molar refractivity (Wildman–Crippen MR) is 84.4 cm³/mol. The second-order valence-electron chi connectivity index (χ2n) is 7.32. The molecule has 2 saturated carbocycles. The molecule has 0 aliphatic heterocycles. The zero-order valence-electron chi connectivity index (χ0n) is 13.3. The lowest BCUT2D eigenvalue weighted by atomic mass is 9.75. The molecule has 2 rings (SSSR count). The second kappa shape index (κ2) is 8.29. The minimum Gasteiger partial charge on any atom is -0.314 e. The summed E-state index contributed by atoms with van der Waals surface area (Å²) in [4.78, 5) is 0. The Morgan fingerprint density at radius 2 is 1.63 bits per heavy atom. The summed E-state index contributed by atoms with van der Waals surface area (Å²) in [5, 5.41) is 3.90. The first-order chi connectivity index (χ1) is 9.29. The van der Waals surface area contributed by atoms with Crippen molar-refractivity contribution in [3.63, 3.8) is 0 Å². The fourth-order valence-electron chi connectivity index (χ4n) is 4.24. The molecule has 0 amide bonds. The van der Waals surface area contributed by atoms with Gasteiger partial charge in [-0.1, -0.05) is 58.8 Å². The lowest BCUT2D eigenvalue weighted by Crippen LogP contribution is -2.40. The van der Waals surface area contributed by atoms with E-state index in [0.29, 0.717) is 0 Å². The summed E-state index contributed by atoms with van der Waals surface area (Å²) in [6, 6.07) is 0.829. The zero-order valence-corrected chi connectivity index (χ0v) is 13.3. The molecule has 112 valence electrons. The Morgan fingerprint density at radius 3 is 2.26 bits per heavy atom. The van der Waals surface area contributed by atoms with Gasteiger partial charge < -0.3 is 5.32 Å². The van der Waals surface area contributed by atoms with E-state index in [9.17, 15) is 0 Å². The first-order valence-corrected chi connectivity index (χ1v) is 9.03. The summed E-state index contributed by atoms with van der Waals surface area (Å²) in [5.41, 5.74) is 0. The molecule has 1 unspecified atom stereocenters. The van der Waals surface area contributed by atoms with Gasteiger partial charge in [-0.3, -0.25) is 0 Å². The third-order valence-corrected chi connectivity index (χ3v) is 5.60. The lowest BCUT2D eigenvalue weighted by molar-refractivity contribution is 0.191. The molecule has 2 aliphatic carbocycles. The van der Waals surface area contributed by atoms with E-state index in [1.807, 2.05) is 0 Å². The molecule has 0 bridgehead atoms. The van der Waals surface area contributed by atoms with Crippen molar-refractivity contribution < 1.29 is 0 Å². The van der Waals surface area contributed by atoms with E-state index < -0.39 is 0 Å². The normalized spacial score (nSPS) is 31.3. The molecule has 0 aromatic heterocycles. The molecule has 0 radical (unpaired) electrons. The fourth-order valence-corrected chi connectivity index (χ4v) is 4.24. The van der Waals surface area contributed by atoms with Crippen molar-refractivity contribution in [3.05, 3.63) is 0 Å². The Balaban J connectivity index is 1.83. The number of nitrogens with one attached hydrogen (secondary N) is 1. The maximum atomic E-state index is 3.90. The zero-order chi connectivity index (χ0) is 13.5. The van der Waals surface area contributed by atoms with Crippen LogP contribution in [0, 0.1) is 17.8 Å². The molecule has 0 saturated heterocycles. The fraction of sp³-hybridized carbons (Fsp3) is 1.00. The van der Waals surface area contributed by atoms with Crippen LogP contribution in [0.3, 0.4) is 0 Å². The van der Waals surface area contributed by atoms with Crippen LogP contribution in [0.2, 0.25) is 0 Å². The van der Waals surface area contributed by atoms with E-state index in [0.717, 1.165) is 23.8 Å². The van der Waals surface area contributed by atoms with Crippen molar-refractivity contribution in [3.8, 4) is 0 Å². The summed E-state index contributed by atoms with van der Waals surface area (Å²) in [6.07, 6.45) is 16.2. The van der Waals surface area contributed by atoms with E-state index in [1.54, 1.807) is 0 Å². The third-order valence-electron chi connectivity index (χ3n) is 5.60. The molecule has 0 spiro atoms. The van der Waals surface area contributed by atoms with Crippen LogP contribution in [0.1, 0.15) is 84.5 Å². The highest BCUT2D eigenvalue weighted by Gasteiger charge is 2.28. The Morgan fingerprint density at radius 1 is 0.947 bits per heavy atom. The molecular weight excluding hydrogens is 230 g/mol. The molecule has 0 aromatic rings. The van der Waals surface area contributed by atoms with Crippen LogP contribution in [-0.2, 0) is 0 Å². The molecule has 1 heteroatoms. The maximum Gasteiger partial charge on any atom is 0.00979 e. The Hall–Kier alpha value is -0.0400. The number of rotatable bonds is 6. The lowest BCUT2D eigenvalue weighted by Gasteiger charge is -2.36. The molecule has 2 aliphatic rings. The molecule has 0 heterocycles. The minimum absolute atomic E-state index is 0.829. The monoisotopic (exact) mass is 265 g/mol. The van der Waals surface area contributed by atoms with Gasteiger partial charge in [-0.2, -0.15) is 0 Å². The van der Waals surface area contributed by atoms with Crippen LogP contribution >= 0.6 is 0 Å². The van der Waals surface area contributed by atoms with Gasteiger partial charge in [-0.25, -0.2) is 0 Å². The SMILES string of the molecule is CCCNC(CC1CCCCC1)C1CCC(C)CC1. The van der Waals surface area contributed by atoms with E-state index in [-0.39, 0.29) is 0 Å². The predicted octanol–water partition coefficient (Wildman–Crippen LogP) is 5.15. The van der Waals surface area contributed by atoms with Crippen molar-refractivity contribution in [2.45, 2.75) is 90.5 Å². The van der Waals surface area contributed by atoms with Crippen molar-refractivity contribution >= 4 is 0 Å². The standard InChI is InChI=1S/C18H35N/c1-3-13-19-18(14-16-7-5-4-6-8-16)17-11-9-15(2)10-12-17/h15-19H,3-14H2,1-2H3. The smallest absolute Gasteiger partial charge is 0.00979 e. The van der Waals surface area contributed by atoms with Crippen molar-refractivity contribution in [1.82, 2.24) is 5.32 Å². The molecule has 1 N–H and O–H groups in total. The van der Waals surface area contributed by atoms with Gasteiger partial charge in [0, 0.05) is 6.04 Å². The highest BCUT2D eigenvalue weighted by molar-refractivity contribution is 4.83. The second-order valence-corrected chi connectivity index (χ2v) is 7.32. The number of hydrogen-bond acceptors (Lipinski definition) is 1. The van der Waals surface area contributed by atoms with Gasteiger partial charge in [-0.05, 0) is 50.0 Å². The van der Waals surface area contributed by atoms with Crippen LogP contribution in [0.15, 0.2) is 0 Å². The molecule has 1 nitrogen and oxygen atoms in total. The summed E-state index contributed by atoms with van der Waals surface area (Å²) < 4.78 is 0. The third kappa shape index (κ3) is 5.10. The minimum atomic E-state index is 0.829. The average Bonchev–Trinajstić information content (AvgIpc) is 2.45.